The van der Waals surface area contributed by atoms with Crippen molar-refractivity contribution in [2.75, 3.05) is 13.2 Å². The van der Waals surface area contributed by atoms with Crippen LogP contribution in [0.3, 0.4) is 0 Å². The molecule has 90 valence electrons. The Hall–Kier alpha value is -1.67. The number of carbonyl (C=O) groups is 1. The molecular weight excluding hydrogens is 248 g/mol. The standard InChI is InChI=1S/C9H8N2O5S/c12-9(13)6-1-2-7(11(14)15)8(10-6)17-5-3-16-4-5/h1-2,5H,3-4H2,(H,12,13). The van der Waals surface area contributed by atoms with E-state index in [2.05, 4.69) is 4.98 Å². The van der Waals surface area contributed by atoms with E-state index in [0.717, 1.165) is 12.1 Å². The Kier molecular flexibility index (Phi) is 3.25. The molecule has 1 aromatic rings. The van der Waals surface area contributed by atoms with Gasteiger partial charge in [-0.2, -0.15) is 0 Å². The molecule has 0 amide bonds. The molecule has 0 aromatic carbocycles. The van der Waals surface area contributed by atoms with Crippen LogP contribution < -0.4 is 0 Å². The first kappa shape index (κ1) is 11.8. The number of hydrogen-bond donors (Lipinski definition) is 1. The van der Waals surface area contributed by atoms with Crippen LogP contribution in [0.15, 0.2) is 17.2 Å². The molecular formula is C9H8N2O5S. The number of carboxylic acid groups (broad SMARTS) is 1. The Morgan fingerprint density at radius 2 is 2.29 bits per heavy atom. The van der Waals surface area contributed by atoms with E-state index in [1.54, 1.807) is 0 Å². The van der Waals surface area contributed by atoms with Crippen molar-refractivity contribution in [3.05, 3.63) is 27.9 Å². The first-order chi connectivity index (χ1) is 8.08. The van der Waals surface area contributed by atoms with Crippen molar-refractivity contribution in [3.8, 4) is 0 Å². The van der Waals surface area contributed by atoms with Crippen LogP contribution in [0.4, 0.5) is 5.69 Å². The minimum absolute atomic E-state index is 0.102. The van der Waals surface area contributed by atoms with Gasteiger partial charge in [-0.25, -0.2) is 9.78 Å². The molecule has 0 bridgehead atoms. The van der Waals surface area contributed by atoms with Gasteiger partial charge in [-0.05, 0) is 6.07 Å². The van der Waals surface area contributed by atoms with Crippen molar-refractivity contribution in [2.24, 2.45) is 0 Å². The first-order valence-corrected chi connectivity index (χ1v) is 5.59. The molecule has 1 aromatic heterocycles. The van der Waals surface area contributed by atoms with Gasteiger partial charge in [0.15, 0.2) is 5.03 Å². The average Bonchev–Trinajstić information content (AvgIpc) is 2.22. The number of carboxylic acids is 1. The largest absolute Gasteiger partial charge is 0.477 e. The molecule has 2 heterocycles. The van der Waals surface area contributed by atoms with E-state index < -0.39 is 10.9 Å². The maximum atomic E-state index is 10.8. The van der Waals surface area contributed by atoms with E-state index in [1.807, 2.05) is 0 Å². The van der Waals surface area contributed by atoms with Gasteiger partial charge in [0.2, 0.25) is 0 Å². The summed E-state index contributed by atoms with van der Waals surface area (Å²) in [5.41, 5.74) is -0.370. The molecule has 2 rings (SSSR count). The normalized spacial score (nSPS) is 15.3. The summed E-state index contributed by atoms with van der Waals surface area (Å²) >= 11 is 1.18. The molecule has 0 radical (unpaired) electrons. The summed E-state index contributed by atoms with van der Waals surface area (Å²) in [5.74, 6) is -1.20. The summed E-state index contributed by atoms with van der Waals surface area (Å²) in [6, 6.07) is 2.29. The summed E-state index contributed by atoms with van der Waals surface area (Å²) in [7, 11) is 0. The molecule has 0 unspecified atom stereocenters. The lowest BCUT2D eigenvalue weighted by Crippen LogP contribution is -2.30. The predicted octanol–water partition coefficient (Wildman–Crippen LogP) is 1.18. The Balaban J connectivity index is 2.32. The van der Waals surface area contributed by atoms with Gasteiger partial charge in [-0.1, -0.05) is 11.8 Å². The maximum Gasteiger partial charge on any atom is 0.354 e. The second-order valence-corrected chi connectivity index (χ2v) is 4.65. The molecule has 1 fully saturated rings. The lowest BCUT2D eigenvalue weighted by atomic mass is 10.3. The second kappa shape index (κ2) is 4.68. The number of nitrogens with zero attached hydrogens (tertiary/aromatic N) is 2. The first-order valence-electron chi connectivity index (χ1n) is 4.71. The quantitative estimate of drug-likeness (QED) is 0.637. The Bertz CT molecular complexity index is 474. The molecule has 1 aliphatic heterocycles. The molecule has 7 nitrogen and oxygen atoms in total. The highest BCUT2D eigenvalue weighted by atomic mass is 32.2. The third kappa shape index (κ3) is 2.53. The second-order valence-electron chi connectivity index (χ2n) is 3.36. The minimum atomic E-state index is -1.20. The molecule has 1 saturated heterocycles. The SMILES string of the molecule is O=C(O)c1ccc([N+](=O)[O-])c(SC2COC2)n1. The zero-order chi connectivity index (χ0) is 12.4. The molecule has 0 atom stereocenters. The molecule has 8 heteroatoms. The predicted molar refractivity (Wildman–Crippen MR) is 58.3 cm³/mol. The van der Waals surface area contributed by atoms with Crippen LogP contribution in [-0.4, -0.2) is 39.4 Å². The van der Waals surface area contributed by atoms with E-state index in [1.165, 1.54) is 11.8 Å². The molecule has 0 spiro atoms. The van der Waals surface area contributed by atoms with Crippen molar-refractivity contribution >= 4 is 23.4 Å². The monoisotopic (exact) mass is 256 g/mol. The van der Waals surface area contributed by atoms with Crippen LogP contribution in [0.5, 0.6) is 0 Å². The number of pyridine rings is 1. The van der Waals surface area contributed by atoms with Crippen LogP contribution in [0.2, 0.25) is 0 Å². The fourth-order valence-corrected chi connectivity index (χ4v) is 2.28. The van der Waals surface area contributed by atoms with Crippen LogP contribution in [0, 0.1) is 10.1 Å². The van der Waals surface area contributed by atoms with E-state index in [-0.39, 0.29) is 21.7 Å². The van der Waals surface area contributed by atoms with E-state index in [0.29, 0.717) is 13.2 Å². The van der Waals surface area contributed by atoms with Crippen molar-refractivity contribution in [1.29, 1.82) is 0 Å². The van der Waals surface area contributed by atoms with Gasteiger partial charge in [0, 0.05) is 6.07 Å². The number of ether oxygens (including phenoxy) is 1. The number of hydrogen-bond acceptors (Lipinski definition) is 6. The van der Waals surface area contributed by atoms with Crippen molar-refractivity contribution in [1.82, 2.24) is 4.98 Å². The van der Waals surface area contributed by atoms with Gasteiger partial charge in [0.05, 0.1) is 23.4 Å². The van der Waals surface area contributed by atoms with Crippen molar-refractivity contribution < 1.29 is 19.6 Å². The fraction of sp³-hybridized carbons (Fsp3) is 0.333. The highest BCUT2D eigenvalue weighted by Crippen LogP contribution is 2.33. The van der Waals surface area contributed by atoms with Gasteiger partial charge in [0.25, 0.3) is 0 Å². The lowest BCUT2D eigenvalue weighted by Gasteiger charge is -2.24. The molecule has 0 saturated carbocycles. The van der Waals surface area contributed by atoms with E-state index in [9.17, 15) is 14.9 Å². The smallest absolute Gasteiger partial charge is 0.354 e. The fourth-order valence-electron chi connectivity index (χ4n) is 1.22. The number of aromatic nitrogens is 1. The highest BCUT2D eigenvalue weighted by molar-refractivity contribution is 8.00. The zero-order valence-corrected chi connectivity index (χ0v) is 9.35. The number of rotatable bonds is 4. The minimum Gasteiger partial charge on any atom is -0.477 e. The zero-order valence-electron chi connectivity index (χ0n) is 8.53. The summed E-state index contributed by atoms with van der Waals surface area (Å²) in [4.78, 5) is 24.7. The summed E-state index contributed by atoms with van der Waals surface area (Å²) in [6.45, 7) is 1.00. The molecule has 1 aliphatic rings. The van der Waals surface area contributed by atoms with Crippen LogP contribution >= 0.6 is 11.8 Å². The van der Waals surface area contributed by atoms with Gasteiger partial charge in [0.1, 0.15) is 5.69 Å². The molecule has 0 aliphatic carbocycles. The summed E-state index contributed by atoms with van der Waals surface area (Å²) in [5, 5.41) is 19.8. The van der Waals surface area contributed by atoms with Gasteiger partial charge in [-0.3, -0.25) is 10.1 Å². The molecule has 1 N–H and O–H groups in total. The van der Waals surface area contributed by atoms with E-state index >= 15 is 0 Å². The lowest BCUT2D eigenvalue weighted by molar-refractivity contribution is -0.388. The van der Waals surface area contributed by atoms with E-state index in [4.69, 9.17) is 9.84 Å². The Labute approximate surface area is 100.0 Å². The number of nitro groups is 1. The number of thioether (sulfide) groups is 1. The highest BCUT2D eigenvalue weighted by Gasteiger charge is 2.26. The molecule has 17 heavy (non-hydrogen) atoms. The number of aromatic carboxylic acids is 1. The topological polar surface area (TPSA) is 103 Å². The van der Waals surface area contributed by atoms with Gasteiger partial charge < -0.3 is 9.84 Å². The summed E-state index contributed by atoms with van der Waals surface area (Å²) in [6.07, 6.45) is 0. The van der Waals surface area contributed by atoms with Crippen molar-refractivity contribution in [3.63, 3.8) is 0 Å². The van der Waals surface area contributed by atoms with Crippen LogP contribution in [0.1, 0.15) is 10.5 Å². The third-order valence-electron chi connectivity index (χ3n) is 2.14. The average molecular weight is 256 g/mol. The Morgan fingerprint density at radius 3 is 2.76 bits per heavy atom. The Morgan fingerprint density at radius 1 is 1.59 bits per heavy atom. The third-order valence-corrected chi connectivity index (χ3v) is 3.27. The van der Waals surface area contributed by atoms with Gasteiger partial charge in [-0.15, -0.1) is 0 Å². The van der Waals surface area contributed by atoms with Gasteiger partial charge >= 0.3 is 11.7 Å². The maximum absolute atomic E-state index is 10.8. The van der Waals surface area contributed by atoms with Crippen LogP contribution in [-0.2, 0) is 4.74 Å². The van der Waals surface area contributed by atoms with Crippen molar-refractivity contribution in [2.45, 2.75) is 10.3 Å². The van der Waals surface area contributed by atoms with Crippen LogP contribution in [0.25, 0.3) is 0 Å². The summed E-state index contributed by atoms with van der Waals surface area (Å²) < 4.78 is 4.95.